The highest BCUT2D eigenvalue weighted by molar-refractivity contribution is 14.1. The van der Waals surface area contributed by atoms with E-state index in [0.717, 1.165) is 17.2 Å². The van der Waals surface area contributed by atoms with E-state index in [1.165, 1.54) is 22.6 Å². The molecule has 35 heavy (non-hydrogen) atoms. The van der Waals surface area contributed by atoms with E-state index in [-0.39, 0.29) is 25.5 Å². The lowest BCUT2D eigenvalue weighted by Crippen LogP contribution is -2.17. The lowest BCUT2D eigenvalue weighted by Gasteiger charge is -2.24. The van der Waals surface area contributed by atoms with Crippen LogP contribution < -0.4 is 0 Å². The van der Waals surface area contributed by atoms with Gasteiger partial charge in [-0.05, 0) is 67.3 Å². The van der Waals surface area contributed by atoms with Crippen LogP contribution in [0.15, 0.2) is 59.5 Å². The summed E-state index contributed by atoms with van der Waals surface area (Å²) in [6, 6.07) is 15.2. The van der Waals surface area contributed by atoms with Crippen LogP contribution in [0.4, 0.5) is 13.2 Å². The van der Waals surface area contributed by atoms with Crippen molar-refractivity contribution in [1.82, 2.24) is 0 Å². The fourth-order valence-corrected chi connectivity index (χ4v) is 6.00. The summed E-state index contributed by atoms with van der Waals surface area (Å²) in [5.74, 6) is 0. The molecule has 188 valence electrons. The van der Waals surface area contributed by atoms with Crippen LogP contribution in [0, 0.1) is 3.57 Å². The summed E-state index contributed by atoms with van der Waals surface area (Å²) in [6.07, 6.45) is -5.03. The molecule has 0 radical (unpaired) electrons. The molecule has 0 amide bonds. The average molecular weight is 615 g/mol. The number of hydrogen-bond donors (Lipinski definition) is 0. The summed E-state index contributed by atoms with van der Waals surface area (Å²) >= 11 is 1.51. The van der Waals surface area contributed by atoms with E-state index < -0.39 is 26.8 Å². The van der Waals surface area contributed by atoms with Crippen molar-refractivity contribution in [2.24, 2.45) is 0 Å². The monoisotopic (exact) mass is 615 g/mol. The second-order valence-electron chi connectivity index (χ2n) is 10.6. The van der Waals surface area contributed by atoms with Gasteiger partial charge in [0.2, 0.25) is 0 Å². The van der Waals surface area contributed by atoms with E-state index >= 15 is 0 Å². The number of benzene rings is 3. The van der Waals surface area contributed by atoms with Crippen LogP contribution in [0.25, 0.3) is 22.3 Å². The molecule has 3 rings (SSSR count). The van der Waals surface area contributed by atoms with Crippen molar-refractivity contribution in [1.29, 1.82) is 0 Å². The molecule has 0 N–H and O–H groups in total. The van der Waals surface area contributed by atoms with Gasteiger partial charge in [-0.2, -0.15) is 13.2 Å². The maximum absolute atomic E-state index is 14.1. The molecule has 3 aromatic rings. The topological polar surface area (TPSA) is 57.2 Å². The zero-order chi connectivity index (χ0) is 26.6. The fourth-order valence-electron chi connectivity index (χ4n) is 3.88. The largest absolute Gasteiger partial charge is 0.744 e. The Morgan fingerprint density at radius 3 is 1.49 bits per heavy atom. The Morgan fingerprint density at radius 1 is 0.743 bits per heavy atom. The molecule has 0 bridgehead atoms. The molecule has 3 nitrogen and oxygen atoms in total. The van der Waals surface area contributed by atoms with Gasteiger partial charge in [-0.15, -0.1) is 0 Å². The van der Waals surface area contributed by atoms with Crippen molar-refractivity contribution in [3.63, 3.8) is 0 Å². The number of alkyl halides is 3. The summed E-state index contributed by atoms with van der Waals surface area (Å²) in [6.45, 7) is 12.2. The van der Waals surface area contributed by atoms with Gasteiger partial charge in [-0.25, -0.2) is 8.42 Å². The maximum atomic E-state index is 14.1. The van der Waals surface area contributed by atoms with Crippen molar-refractivity contribution >= 4 is 32.7 Å². The van der Waals surface area contributed by atoms with Crippen LogP contribution in [0.2, 0.25) is 0 Å². The molecule has 3 aromatic carbocycles. The second-order valence-corrected chi connectivity index (χ2v) is 13.0. The van der Waals surface area contributed by atoms with Crippen molar-refractivity contribution < 1.29 is 26.1 Å². The number of hydrogen-bond acceptors (Lipinski definition) is 3. The van der Waals surface area contributed by atoms with Gasteiger partial charge in [0.1, 0.15) is 10.1 Å². The third kappa shape index (κ3) is 5.91. The Labute approximate surface area is 218 Å². The van der Waals surface area contributed by atoms with Crippen LogP contribution in [-0.4, -0.2) is 13.0 Å². The van der Waals surface area contributed by atoms with E-state index in [1.54, 1.807) is 24.3 Å². The summed E-state index contributed by atoms with van der Waals surface area (Å²) in [5, 5.41) is 0. The van der Waals surface area contributed by atoms with E-state index in [4.69, 9.17) is 0 Å². The summed E-state index contributed by atoms with van der Waals surface area (Å²) in [4.78, 5) is -1.26. The maximum Gasteiger partial charge on any atom is 0.418 e. The lowest BCUT2D eigenvalue weighted by atomic mass is 9.84. The van der Waals surface area contributed by atoms with Gasteiger partial charge >= 0.3 is 6.18 Å². The molecule has 8 heteroatoms. The zero-order valence-electron chi connectivity index (χ0n) is 20.3. The highest BCUT2D eigenvalue weighted by Gasteiger charge is 2.39. The standard InChI is InChI=1S/C27H28F3IO3S/c1-25(2,3)18-11-7-16(8-12-18)20-15-21(35(32,33)34)23(27(28,29)30)24(31)22(20)17-9-13-19(14-10-17)26(4,5)6/h7-15H,1-6H3,(H,32,33,34)/p-1. The zero-order valence-corrected chi connectivity index (χ0v) is 23.3. The predicted octanol–water partition coefficient (Wildman–Crippen LogP) is 8.14. The molecule has 0 unspecified atom stereocenters. The summed E-state index contributed by atoms with van der Waals surface area (Å²) < 4.78 is 77.8. The molecule has 0 heterocycles. The Kier molecular flexibility index (Phi) is 7.27. The van der Waals surface area contributed by atoms with E-state index in [9.17, 15) is 26.1 Å². The van der Waals surface area contributed by atoms with E-state index in [2.05, 4.69) is 0 Å². The highest BCUT2D eigenvalue weighted by Crippen LogP contribution is 2.46. The van der Waals surface area contributed by atoms with E-state index in [0.29, 0.717) is 11.1 Å². The van der Waals surface area contributed by atoms with Gasteiger partial charge < -0.3 is 4.55 Å². The average Bonchev–Trinajstić information content (AvgIpc) is 2.70. The lowest BCUT2D eigenvalue weighted by molar-refractivity contribution is -0.140. The summed E-state index contributed by atoms with van der Waals surface area (Å²) in [5.41, 5.74) is 1.77. The molecule has 0 aliphatic rings. The van der Waals surface area contributed by atoms with Gasteiger partial charge in [0.25, 0.3) is 0 Å². The van der Waals surface area contributed by atoms with Crippen molar-refractivity contribution in [3.05, 3.63) is 74.9 Å². The Balaban J connectivity index is 2.42. The number of rotatable bonds is 3. The Bertz CT molecular complexity index is 1350. The fraction of sp³-hybridized carbons (Fsp3) is 0.333. The Morgan fingerprint density at radius 2 is 1.14 bits per heavy atom. The SMILES string of the molecule is CC(C)(C)c1ccc(-c2cc(S(=O)(=O)[O-])c(C(F)(F)F)c(I)c2-c2ccc(C(C)(C)C)cc2)cc1. The van der Waals surface area contributed by atoms with Crippen LogP contribution >= 0.6 is 22.6 Å². The second kappa shape index (κ2) is 9.19. The smallest absolute Gasteiger partial charge is 0.418 e. The van der Waals surface area contributed by atoms with Crippen LogP contribution in [0.3, 0.4) is 0 Å². The van der Waals surface area contributed by atoms with Gasteiger partial charge in [-0.3, -0.25) is 0 Å². The van der Waals surface area contributed by atoms with Crippen molar-refractivity contribution in [2.75, 3.05) is 0 Å². The summed E-state index contributed by atoms with van der Waals surface area (Å²) in [7, 11) is -5.40. The molecule has 0 aliphatic carbocycles. The first kappa shape index (κ1) is 27.7. The first-order valence-electron chi connectivity index (χ1n) is 10.9. The molecular formula is C27H27F3IO3S-. The minimum Gasteiger partial charge on any atom is -0.744 e. The van der Waals surface area contributed by atoms with Gasteiger partial charge in [-0.1, -0.05) is 90.1 Å². The molecule has 0 aliphatic heterocycles. The minimum atomic E-state index is -5.40. The third-order valence-electron chi connectivity index (χ3n) is 5.88. The van der Waals surface area contributed by atoms with E-state index in [1.807, 2.05) is 65.8 Å². The first-order chi connectivity index (χ1) is 15.8. The molecule has 0 fully saturated rings. The Hall–Kier alpha value is -1.91. The first-order valence-corrected chi connectivity index (χ1v) is 13.4. The van der Waals surface area contributed by atoms with Crippen LogP contribution in [-0.2, 0) is 27.1 Å². The van der Waals surface area contributed by atoms with Gasteiger partial charge in [0.15, 0.2) is 0 Å². The molecular weight excluding hydrogens is 588 g/mol. The van der Waals surface area contributed by atoms with Crippen molar-refractivity contribution in [2.45, 2.75) is 63.4 Å². The third-order valence-corrected chi connectivity index (χ3v) is 7.82. The highest BCUT2D eigenvalue weighted by atomic mass is 127. The predicted molar refractivity (Wildman–Crippen MR) is 140 cm³/mol. The molecule has 0 aromatic heterocycles. The van der Waals surface area contributed by atoms with Gasteiger partial charge in [0, 0.05) is 9.13 Å². The van der Waals surface area contributed by atoms with Gasteiger partial charge in [0.05, 0.1) is 10.5 Å². The molecule has 0 saturated carbocycles. The molecule has 0 saturated heterocycles. The van der Waals surface area contributed by atoms with Crippen molar-refractivity contribution in [3.8, 4) is 22.3 Å². The minimum absolute atomic E-state index is 0.151. The van der Waals surface area contributed by atoms with Crippen LogP contribution in [0.1, 0.15) is 58.2 Å². The normalized spacial score (nSPS) is 13.2. The quantitative estimate of drug-likeness (QED) is 0.221. The molecule has 0 atom stereocenters. The molecule has 0 spiro atoms. The number of halogens is 4. The van der Waals surface area contributed by atoms with Crippen LogP contribution in [0.5, 0.6) is 0 Å².